The molecule has 0 bridgehead atoms. The molecule has 0 aromatic heterocycles. The van der Waals surface area contributed by atoms with E-state index >= 15 is 0 Å². The highest BCUT2D eigenvalue weighted by Crippen LogP contribution is 2.16. The Balaban J connectivity index is 4.20. The summed E-state index contributed by atoms with van der Waals surface area (Å²) in [6, 6.07) is 0. The van der Waals surface area contributed by atoms with Gasteiger partial charge in [0.2, 0.25) is 0 Å². The Morgan fingerprint density at radius 2 is 0.500 bits per heavy atom. The van der Waals surface area contributed by atoms with E-state index in [4.69, 9.17) is 14.2 Å². The van der Waals surface area contributed by atoms with Crippen molar-refractivity contribution in [2.45, 2.75) is 329 Å². The van der Waals surface area contributed by atoms with E-state index < -0.39 is 6.10 Å². The van der Waals surface area contributed by atoms with Gasteiger partial charge >= 0.3 is 17.9 Å². The number of hydrogen-bond acceptors (Lipinski definition) is 6. The molecule has 0 aromatic rings. The lowest BCUT2D eigenvalue weighted by atomic mass is 10.0. The number of carbonyl (C=O) groups is 3. The first-order valence-electron chi connectivity index (χ1n) is 29.3. The molecule has 0 rings (SSSR count). The molecule has 0 spiro atoms. The van der Waals surface area contributed by atoms with Crippen molar-refractivity contribution in [3.8, 4) is 0 Å². The monoisotopic (exact) mass is 929 g/mol. The second-order valence-corrected chi connectivity index (χ2v) is 19.9. The zero-order valence-corrected chi connectivity index (χ0v) is 44.5. The van der Waals surface area contributed by atoms with Crippen LogP contribution in [0.5, 0.6) is 0 Å². The summed E-state index contributed by atoms with van der Waals surface area (Å²) in [5.41, 5.74) is 0. The van der Waals surface area contributed by atoms with Gasteiger partial charge in [-0.15, -0.1) is 0 Å². The van der Waals surface area contributed by atoms with Gasteiger partial charge in [-0.25, -0.2) is 0 Å². The van der Waals surface area contributed by atoms with Gasteiger partial charge in [0, 0.05) is 19.3 Å². The molecule has 0 saturated heterocycles. The minimum atomic E-state index is -0.771. The second kappa shape index (κ2) is 55.5. The number of esters is 3. The average molecular weight is 930 g/mol. The molecule has 0 aliphatic heterocycles. The Kier molecular flexibility index (Phi) is 53.7. The molecule has 388 valence electrons. The quantitative estimate of drug-likeness (QED) is 0.0262. The van der Waals surface area contributed by atoms with E-state index in [0.717, 1.165) is 64.2 Å². The van der Waals surface area contributed by atoms with E-state index in [9.17, 15) is 14.4 Å². The van der Waals surface area contributed by atoms with Gasteiger partial charge < -0.3 is 14.2 Å². The van der Waals surface area contributed by atoms with Gasteiger partial charge in [0.15, 0.2) is 6.10 Å². The Labute approximate surface area is 411 Å². The van der Waals surface area contributed by atoms with Gasteiger partial charge in [0.1, 0.15) is 13.2 Å². The maximum atomic E-state index is 12.8. The van der Waals surface area contributed by atoms with E-state index in [0.29, 0.717) is 19.3 Å². The molecule has 0 radical (unpaired) electrons. The lowest BCUT2D eigenvalue weighted by molar-refractivity contribution is -0.167. The molecule has 0 fully saturated rings. The van der Waals surface area contributed by atoms with Crippen LogP contribution in [-0.2, 0) is 28.6 Å². The first kappa shape index (κ1) is 63.9. The number of rotatable bonds is 54. The molecule has 1 unspecified atom stereocenters. The molecule has 66 heavy (non-hydrogen) atoms. The predicted octanol–water partition coefficient (Wildman–Crippen LogP) is 19.5. The topological polar surface area (TPSA) is 78.9 Å². The standard InChI is InChI=1S/C60H112O6/c1-4-7-10-13-16-19-21-23-25-27-28-29-30-31-32-33-35-36-38-41-44-47-50-53-59(62)65-56-57(55-64-58(61)52-49-46-43-40-18-15-12-9-6-3)66-60(63)54-51-48-45-42-39-37-34-26-24-22-20-17-14-11-8-5-2/h26-28,34,57H,4-25,29-33,35-56H2,1-3H3/b28-27-,34-26-. The van der Waals surface area contributed by atoms with Crippen LogP contribution in [-0.4, -0.2) is 37.2 Å². The van der Waals surface area contributed by atoms with Crippen molar-refractivity contribution in [1.29, 1.82) is 0 Å². The number of unbranched alkanes of at least 4 members (excludes halogenated alkanes) is 39. The largest absolute Gasteiger partial charge is 0.462 e. The molecule has 0 saturated carbocycles. The second-order valence-electron chi connectivity index (χ2n) is 19.9. The molecular formula is C60H112O6. The SMILES string of the molecule is CCCCCCCCC/C=C\CCCCCCCC(=O)OC(COC(=O)CCCCCCCCCCC)COC(=O)CCCCCCCCCCCCC/C=C\CCCCCCCCCC. The van der Waals surface area contributed by atoms with Crippen LogP contribution in [0.25, 0.3) is 0 Å². The molecule has 0 aliphatic rings. The highest BCUT2D eigenvalue weighted by Gasteiger charge is 2.19. The van der Waals surface area contributed by atoms with E-state index in [1.807, 2.05) is 0 Å². The lowest BCUT2D eigenvalue weighted by Crippen LogP contribution is -2.30. The van der Waals surface area contributed by atoms with Crippen LogP contribution in [0.2, 0.25) is 0 Å². The van der Waals surface area contributed by atoms with Gasteiger partial charge in [0.25, 0.3) is 0 Å². The van der Waals surface area contributed by atoms with Crippen LogP contribution >= 0.6 is 0 Å². The Hall–Kier alpha value is -2.11. The molecular weight excluding hydrogens is 817 g/mol. The highest BCUT2D eigenvalue weighted by atomic mass is 16.6. The Morgan fingerprint density at radius 1 is 0.288 bits per heavy atom. The van der Waals surface area contributed by atoms with Crippen molar-refractivity contribution < 1.29 is 28.6 Å². The van der Waals surface area contributed by atoms with E-state index in [1.165, 1.54) is 218 Å². The minimum absolute atomic E-state index is 0.0709. The van der Waals surface area contributed by atoms with Crippen LogP contribution in [0.3, 0.4) is 0 Å². The number of carbonyl (C=O) groups excluding carboxylic acids is 3. The third-order valence-electron chi connectivity index (χ3n) is 13.2. The third kappa shape index (κ3) is 52.9. The Bertz CT molecular complexity index is 1070. The summed E-state index contributed by atoms with van der Waals surface area (Å²) in [6.45, 7) is 6.65. The van der Waals surface area contributed by atoms with E-state index in [1.54, 1.807) is 0 Å². The summed E-state index contributed by atoms with van der Waals surface area (Å²) in [7, 11) is 0. The molecule has 6 heteroatoms. The highest BCUT2D eigenvalue weighted by molar-refractivity contribution is 5.71. The molecule has 6 nitrogen and oxygen atoms in total. The summed E-state index contributed by atoms with van der Waals surface area (Å²) >= 11 is 0. The zero-order valence-electron chi connectivity index (χ0n) is 44.5. The summed E-state index contributed by atoms with van der Waals surface area (Å²) < 4.78 is 16.8. The van der Waals surface area contributed by atoms with E-state index in [-0.39, 0.29) is 31.1 Å². The third-order valence-corrected chi connectivity index (χ3v) is 13.2. The molecule has 0 aromatic carbocycles. The van der Waals surface area contributed by atoms with Crippen molar-refractivity contribution in [2.75, 3.05) is 13.2 Å². The maximum Gasteiger partial charge on any atom is 0.306 e. The fourth-order valence-corrected chi connectivity index (χ4v) is 8.73. The number of ether oxygens (including phenoxy) is 3. The van der Waals surface area contributed by atoms with Crippen LogP contribution < -0.4 is 0 Å². The number of allylic oxidation sites excluding steroid dienone is 4. The minimum Gasteiger partial charge on any atom is -0.462 e. The zero-order chi connectivity index (χ0) is 47.9. The normalized spacial score (nSPS) is 12.1. The van der Waals surface area contributed by atoms with Gasteiger partial charge in [-0.05, 0) is 70.6 Å². The van der Waals surface area contributed by atoms with Gasteiger partial charge in [-0.2, -0.15) is 0 Å². The first-order chi connectivity index (χ1) is 32.5. The molecule has 0 N–H and O–H groups in total. The fourth-order valence-electron chi connectivity index (χ4n) is 8.73. The van der Waals surface area contributed by atoms with Gasteiger partial charge in [0.05, 0.1) is 0 Å². The van der Waals surface area contributed by atoms with Gasteiger partial charge in [-0.3, -0.25) is 14.4 Å². The smallest absolute Gasteiger partial charge is 0.306 e. The summed E-state index contributed by atoms with van der Waals surface area (Å²) in [5, 5.41) is 0. The number of hydrogen-bond donors (Lipinski definition) is 0. The van der Waals surface area contributed by atoms with Crippen LogP contribution in [0.15, 0.2) is 24.3 Å². The maximum absolute atomic E-state index is 12.8. The Morgan fingerprint density at radius 3 is 0.758 bits per heavy atom. The van der Waals surface area contributed by atoms with E-state index in [2.05, 4.69) is 45.1 Å². The summed E-state index contributed by atoms with van der Waals surface area (Å²) in [5.74, 6) is -0.865. The molecule has 0 heterocycles. The first-order valence-corrected chi connectivity index (χ1v) is 29.3. The van der Waals surface area contributed by atoms with Crippen LogP contribution in [0.4, 0.5) is 0 Å². The van der Waals surface area contributed by atoms with Crippen LogP contribution in [0.1, 0.15) is 323 Å². The summed E-state index contributed by atoms with van der Waals surface area (Å²) in [4.78, 5) is 38.0. The van der Waals surface area contributed by atoms with Crippen molar-refractivity contribution >= 4 is 17.9 Å². The van der Waals surface area contributed by atoms with Crippen LogP contribution in [0, 0.1) is 0 Å². The van der Waals surface area contributed by atoms with Crippen molar-refractivity contribution in [3.05, 3.63) is 24.3 Å². The predicted molar refractivity (Wildman–Crippen MR) is 284 cm³/mol. The van der Waals surface area contributed by atoms with Crippen molar-refractivity contribution in [3.63, 3.8) is 0 Å². The van der Waals surface area contributed by atoms with Gasteiger partial charge in [-0.1, -0.05) is 257 Å². The molecule has 0 amide bonds. The molecule has 0 aliphatic carbocycles. The summed E-state index contributed by atoms with van der Waals surface area (Å²) in [6.07, 6.45) is 64.7. The van der Waals surface area contributed by atoms with Crippen molar-refractivity contribution in [1.82, 2.24) is 0 Å². The molecule has 1 atom stereocenters. The fraction of sp³-hybridized carbons (Fsp3) is 0.883. The lowest BCUT2D eigenvalue weighted by Gasteiger charge is -2.18. The van der Waals surface area contributed by atoms with Crippen molar-refractivity contribution in [2.24, 2.45) is 0 Å². The average Bonchev–Trinajstić information content (AvgIpc) is 3.31.